The minimum absolute atomic E-state index is 0.231. The topological polar surface area (TPSA) is 77.2 Å². The molecule has 0 aliphatic heterocycles. The van der Waals surface area contributed by atoms with E-state index in [1.165, 1.54) is 7.11 Å². The number of rotatable bonds is 4. The van der Waals surface area contributed by atoms with Crippen molar-refractivity contribution in [3.05, 3.63) is 35.4 Å². The zero-order chi connectivity index (χ0) is 14.1. The Morgan fingerprint density at radius 1 is 1.45 bits per heavy atom. The lowest BCUT2D eigenvalue weighted by atomic mass is 10.2. The van der Waals surface area contributed by atoms with E-state index >= 15 is 0 Å². The van der Waals surface area contributed by atoms with Crippen molar-refractivity contribution in [2.24, 2.45) is 0 Å². The smallest absolute Gasteiger partial charge is 0.261 e. The normalized spacial score (nSPS) is 14.1. The minimum atomic E-state index is -0.256. The fraction of sp³-hybridized carbons (Fsp3) is 0.357. The highest BCUT2D eigenvalue weighted by Gasteiger charge is 2.31. The minimum Gasteiger partial charge on any atom is -0.481 e. The molecule has 6 heteroatoms. The van der Waals surface area contributed by atoms with Crippen molar-refractivity contribution in [2.75, 3.05) is 12.4 Å². The molecule has 0 saturated heterocycles. The van der Waals surface area contributed by atoms with Crippen molar-refractivity contribution >= 4 is 11.9 Å². The van der Waals surface area contributed by atoms with Gasteiger partial charge in [0.05, 0.1) is 18.9 Å². The van der Waals surface area contributed by atoms with Crippen LogP contribution in [0.15, 0.2) is 22.8 Å². The number of furan rings is 1. The van der Waals surface area contributed by atoms with Crippen LogP contribution in [0.1, 0.15) is 40.6 Å². The van der Waals surface area contributed by atoms with E-state index in [1.54, 1.807) is 18.4 Å². The first kappa shape index (κ1) is 12.7. The summed E-state index contributed by atoms with van der Waals surface area (Å²) < 4.78 is 10.4. The second-order valence-electron chi connectivity index (χ2n) is 4.80. The molecule has 2 aromatic heterocycles. The van der Waals surface area contributed by atoms with Crippen LogP contribution in [-0.2, 0) is 0 Å². The molecule has 2 heterocycles. The van der Waals surface area contributed by atoms with Gasteiger partial charge in [0, 0.05) is 17.7 Å². The maximum absolute atomic E-state index is 12.2. The number of aromatic nitrogens is 2. The molecule has 104 valence electrons. The first-order chi connectivity index (χ1) is 9.67. The Balaban J connectivity index is 1.81. The molecule has 1 fully saturated rings. The molecular weight excluding hydrogens is 258 g/mol. The molecule has 0 aromatic carbocycles. The molecule has 1 aliphatic rings. The highest BCUT2D eigenvalue weighted by atomic mass is 16.5. The average molecular weight is 273 g/mol. The fourth-order valence-corrected chi connectivity index (χ4v) is 2.04. The third-order valence-electron chi connectivity index (χ3n) is 3.15. The van der Waals surface area contributed by atoms with Crippen molar-refractivity contribution in [3.8, 4) is 5.88 Å². The number of carbonyl (C=O) groups is 1. The van der Waals surface area contributed by atoms with E-state index in [0.29, 0.717) is 17.4 Å². The summed E-state index contributed by atoms with van der Waals surface area (Å²) in [5.74, 6) is 1.52. The Kier molecular flexibility index (Phi) is 3.14. The quantitative estimate of drug-likeness (QED) is 0.926. The summed E-state index contributed by atoms with van der Waals surface area (Å²) >= 11 is 0. The fourth-order valence-electron chi connectivity index (χ4n) is 2.04. The monoisotopic (exact) mass is 273 g/mol. The van der Waals surface area contributed by atoms with E-state index in [9.17, 15) is 4.79 Å². The lowest BCUT2D eigenvalue weighted by Gasteiger charge is -2.06. The van der Waals surface area contributed by atoms with E-state index < -0.39 is 0 Å². The Morgan fingerprint density at radius 3 is 2.95 bits per heavy atom. The van der Waals surface area contributed by atoms with E-state index in [1.807, 2.05) is 6.92 Å². The Bertz CT molecular complexity index is 647. The largest absolute Gasteiger partial charge is 0.481 e. The second-order valence-corrected chi connectivity index (χ2v) is 4.80. The number of hydrogen-bond donors (Lipinski definition) is 1. The lowest BCUT2D eigenvalue weighted by Crippen LogP contribution is -2.15. The number of aryl methyl sites for hydroxylation is 1. The standard InChI is InChI=1S/C14H15N3O3/c1-8-7-11(19-2)16-14(15-8)17-13(18)10-5-6-20-12(10)9-3-4-9/h5-7,9H,3-4H2,1-2H3,(H,15,16,17,18). The Morgan fingerprint density at radius 2 is 2.25 bits per heavy atom. The molecule has 0 unspecified atom stereocenters. The molecule has 20 heavy (non-hydrogen) atoms. The zero-order valence-corrected chi connectivity index (χ0v) is 11.3. The van der Waals surface area contributed by atoms with Gasteiger partial charge in [0.1, 0.15) is 5.76 Å². The molecule has 1 aliphatic carbocycles. The summed E-state index contributed by atoms with van der Waals surface area (Å²) in [5, 5.41) is 2.68. The van der Waals surface area contributed by atoms with Gasteiger partial charge in [0.2, 0.25) is 11.8 Å². The van der Waals surface area contributed by atoms with E-state index in [4.69, 9.17) is 9.15 Å². The Hall–Kier alpha value is -2.37. The van der Waals surface area contributed by atoms with Crippen LogP contribution in [-0.4, -0.2) is 23.0 Å². The predicted molar refractivity (Wildman–Crippen MR) is 72.0 cm³/mol. The van der Waals surface area contributed by atoms with Crippen LogP contribution in [0.3, 0.4) is 0 Å². The third-order valence-corrected chi connectivity index (χ3v) is 3.15. The second kappa shape index (κ2) is 4.96. The van der Waals surface area contributed by atoms with Gasteiger partial charge in [0.15, 0.2) is 0 Å². The number of anilines is 1. The number of nitrogens with one attached hydrogen (secondary N) is 1. The first-order valence-electron chi connectivity index (χ1n) is 6.46. The van der Waals surface area contributed by atoms with E-state index in [2.05, 4.69) is 15.3 Å². The van der Waals surface area contributed by atoms with Gasteiger partial charge in [-0.05, 0) is 25.8 Å². The predicted octanol–water partition coefficient (Wildman–Crippen LogP) is 2.52. The van der Waals surface area contributed by atoms with Crippen LogP contribution >= 0.6 is 0 Å². The van der Waals surface area contributed by atoms with Crippen LogP contribution < -0.4 is 10.1 Å². The summed E-state index contributed by atoms with van der Waals surface area (Å²) in [6, 6.07) is 3.37. The van der Waals surface area contributed by atoms with Crippen LogP contribution in [0.4, 0.5) is 5.95 Å². The maximum atomic E-state index is 12.2. The van der Waals surface area contributed by atoms with Crippen LogP contribution in [0.25, 0.3) is 0 Å². The summed E-state index contributed by atoms with van der Waals surface area (Å²) in [5.41, 5.74) is 1.28. The SMILES string of the molecule is COc1cc(C)nc(NC(=O)c2ccoc2C2CC2)n1. The number of ether oxygens (including phenoxy) is 1. The number of nitrogens with zero attached hydrogens (tertiary/aromatic N) is 2. The number of hydrogen-bond acceptors (Lipinski definition) is 5. The molecule has 1 saturated carbocycles. The van der Waals surface area contributed by atoms with Gasteiger partial charge in [-0.25, -0.2) is 4.98 Å². The first-order valence-corrected chi connectivity index (χ1v) is 6.46. The van der Waals surface area contributed by atoms with Crippen molar-refractivity contribution < 1.29 is 13.9 Å². The lowest BCUT2D eigenvalue weighted by molar-refractivity contribution is 0.102. The van der Waals surface area contributed by atoms with Crippen molar-refractivity contribution in [1.29, 1.82) is 0 Å². The summed E-state index contributed by atoms with van der Waals surface area (Å²) in [4.78, 5) is 20.5. The van der Waals surface area contributed by atoms with Gasteiger partial charge in [-0.15, -0.1) is 0 Å². The molecule has 0 radical (unpaired) electrons. The summed E-state index contributed by atoms with van der Waals surface area (Å²) in [7, 11) is 1.52. The van der Waals surface area contributed by atoms with Gasteiger partial charge < -0.3 is 9.15 Å². The molecule has 1 amide bonds. The molecule has 1 N–H and O–H groups in total. The highest BCUT2D eigenvalue weighted by Crippen LogP contribution is 2.42. The zero-order valence-electron chi connectivity index (χ0n) is 11.3. The molecular formula is C14H15N3O3. The van der Waals surface area contributed by atoms with Crippen molar-refractivity contribution in [1.82, 2.24) is 9.97 Å². The molecule has 3 rings (SSSR count). The van der Waals surface area contributed by atoms with Gasteiger partial charge >= 0.3 is 0 Å². The van der Waals surface area contributed by atoms with Crippen molar-refractivity contribution in [2.45, 2.75) is 25.7 Å². The van der Waals surface area contributed by atoms with Crippen molar-refractivity contribution in [3.63, 3.8) is 0 Å². The van der Waals surface area contributed by atoms with Crippen LogP contribution in [0.2, 0.25) is 0 Å². The van der Waals surface area contributed by atoms with Crippen LogP contribution in [0.5, 0.6) is 5.88 Å². The third kappa shape index (κ3) is 2.49. The summed E-state index contributed by atoms with van der Waals surface area (Å²) in [6.07, 6.45) is 3.69. The van der Waals surface area contributed by atoms with E-state index in [-0.39, 0.29) is 11.9 Å². The van der Waals surface area contributed by atoms with Gasteiger partial charge in [0.25, 0.3) is 5.91 Å². The van der Waals surface area contributed by atoms with Crippen LogP contribution in [0, 0.1) is 6.92 Å². The molecule has 0 atom stereocenters. The maximum Gasteiger partial charge on any atom is 0.261 e. The highest BCUT2D eigenvalue weighted by molar-refractivity contribution is 6.04. The number of methoxy groups -OCH3 is 1. The molecule has 0 bridgehead atoms. The van der Waals surface area contributed by atoms with Gasteiger partial charge in [-0.2, -0.15) is 4.98 Å². The Labute approximate surface area is 116 Å². The summed E-state index contributed by atoms with van der Waals surface area (Å²) in [6.45, 7) is 1.81. The molecule has 6 nitrogen and oxygen atoms in total. The van der Waals surface area contributed by atoms with Gasteiger partial charge in [-0.3, -0.25) is 10.1 Å². The number of carbonyl (C=O) groups excluding carboxylic acids is 1. The average Bonchev–Trinajstić information content (AvgIpc) is 3.15. The van der Waals surface area contributed by atoms with E-state index in [0.717, 1.165) is 24.3 Å². The number of amides is 1. The molecule has 0 spiro atoms. The molecule has 2 aromatic rings. The van der Waals surface area contributed by atoms with Gasteiger partial charge in [-0.1, -0.05) is 0 Å².